The predicted octanol–water partition coefficient (Wildman–Crippen LogP) is 3.47. The average molecular weight is 476 g/mol. The molecule has 0 aromatic heterocycles. The van der Waals surface area contributed by atoms with Crippen LogP contribution in [0, 0.1) is 6.92 Å². The Hall–Kier alpha value is -3.59. The van der Waals surface area contributed by atoms with Crippen molar-refractivity contribution in [2.75, 3.05) is 25.6 Å². The van der Waals surface area contributed by atoms with E-state index in [-0.39, 0.29) is 32.0 Å². The van der Waals surface area contributed by atoms with Gasteiger partial charge in [-0.2, -0.15) is 5.10 Å². The van der Waals surface area contributed by atoms with Crippen LogP contribution in [-0.2, 0) is 19.1 Å². The first-order chi connectivity index (χ1) is 15.8. The lowest BCUT2D eigenvalue weighted by Crippen LogP contribution is -2.20. The number of halogens is 1. The highest BCUT2D eigenvalue weighted by Crippen LogP contribution is 2.27. The second kappa shape index (κ2) is 13.1. The summed E-state index contributed by atoms with van der Waals surface area (Å²) in [4.78, 5) is 35.4. The Morgan fingerprint density at radius 3 is 2.52 bits per heavy atom. The fourth-order valence-corrected chi connectivity index (χ4v) is 2.76. The number of rotatable bonds is 11. The molecular formula is C23H26ClN3O6. The van der Waals surface area contributed by atoms with Gasteiger partial charge in [0.25, 0.3) is 0 Å². The van der Waals surface area contributed by atoms with Crippen molar-refractivity contribution in [1.82, 2.24) is 5.43 Å². The van der Waals surface area contributed by atoms with Gasteiger partial charge >= 0.3 is 5.97 Å². The lowest BCUT2D eigenvalue weighted by atomic mass is 10.2. The summed E-state index contributed by atoms with van der Waals surface area (Å²) in [7, 11) is 1.46. The van der Waals surface area contributed by atoms with E-state index < -0.39 is 11.9 Å². The van der Waals surface area contributed by atoms with Crippen LogP contribution >= 0.6 is 11.6 Å². The van der Waals surface area contributed by atoms with Gasteiger partial charge in [0.2, 0.25) is 11.8 Å². The summed E-state index contributed by atoms with van der Waals surface area (Å²) in [5.74, 6) is -0.443. The summed E-state index contributed by atoms with van der Waals surface area (Å²) in [5, 5.41) is 7.13. The van der Waals surface area contributed by atoms with Crippen molar-refractivity contribution >= 4 is 41.3 Å². The number of methoxy groups -OCH3 is 1. The molecule has 2 N–H and O–H groups in total. The fraction of sp³-hybridized carbons (Fsp3) is 0.304. The van der Waals surface area contributed by atoms with Crippen LogP contribution in [0.1, 0.15) is 30.9 Å². The highest BCUT2D eigenvalue weighted by Gasteiger charge is 2.10. The molecule has 2 aromatic carbocycles. The van der Waals surface area contributed by atoms with Crippen molar-refractivity contribution in [3.63, 3.8) is 0 Å². The molecule has 0 aliphatic rings. The van der Waals surface area contributed by atoms with E-state index in [2.05, 4.69) is 15.8 Å². The summed E-state index contributed by atoms with van der Waals surface area (Å²) < 4.78 is 15.5. The molecule has 176 valence electrons. The van der Waals surface area contributed by atoms with Gasteiger partial charge in [-0.15, -0.1) is 0 Å². The van der Waals surface area contributed by atoms with Gasteiger partial charge < -0.3 is 19.5 Å². The van der Waals surface area contributed by atoms with Gasteiger partial charge in [-0.3, -0.25) is 9.59 Å². The van der Waals surface area contributed by atoms with Crippen LogP contribution in [-0.4, -0.2) is 44.3 Å². The van der Waals surface area contributed by atoms with E-state index >= 15 is 0 Å². The molecule has 2 rings (SSSR count). The number of amides is 2. The van der Waals surface area contributed by atoms with Gasteiger partial charge in [0.05, 0.1) is 19.9 Å². The number of benzene rings is 2. The van der Waals surface area contributed by atoms with Crippen LogP contribution in [0.15, 0.2) is 41.5 Å². The molecule has 0 radical (unpaired) electrons. The molecule has 0 unspecified atom stereocenters. The van der Waals surface area contributed by atoms with Crippen molar-refractivity contribution in [3.8, 4) is 11.5 Å². The van der Waals surface area contributed by atoms with Gasteiger partial charge in [-0.25, -0.2) is 10.2 Å². The number of ether oxygens (including phenoxy) is 3. The SMILES string of the molecule is CCOC(=O)COc1ccc(C=NNC(=O)CCC(=O)Nc2ccc(C)c(Cl)c2)cc1OC. The van der Waals surface area contributed by atoms with Gasteiger partial charge in [0, 0.05) is 23.6 Å². The number of hydrogen-bond acceptors (Lipinski definition) is 7. The lowest BCUT2D eigenvalue weighted by Gasteiger charge is -2.10. The van der Waals surface area contributed by atoms with Crippen LogP contribution in [0.3, 0.4) is 0 Å². The highest BCUT2D eigenvalue weighted by atomic mass is 35.5. The molecule has 0 heterocycles. The third kappa shape index (κ3) is 8.82. The number of esters is 1. The zero-order valence-corrected chi connectivity index (χ0v) is 19.4. The number of carbonyl (C=O) groups is 3. The van der Waals surface area contributed by atoms with Crippen molar-refractivity contribution < 1.29 is 28.6 Å². The maximum absolute atomic E-state index is 12.0. The second-order valence-electron chi connectivity index (χ2n) is 6.81. The van der Waals surface area contributed by atoms with Crippen LogP contribution in [0.25, 0.3) is 0 Å². The molecule has 0 bridgehead atoms. The van der Waals surface area contributed by atoms with E-state index in [9.17, 15) is 14.4 Å². The number of anilines is 1. The Balaban J connectivity index is 1.80. The quantitative estimate of drug-likeness (QED) is 0.292. The minimum absolute atomic E-state index is 0.00677. The van der Waals surface area contributed by atoms with Crippen LogP contribution < -0.4 is 20.2 Å². The molecular weight excluding hydrogens is 450 g/mol. The normalized spacial score (nSPS) is 10.5. The van der Waals surface area contributed by atoms with Crippen LogP contribution in [0.5, 0.6) is 11.5 Å². The number of nitrogens with zero attached hydrogens (tertiary/aromatic N) is 1. The minimum Gasteiger partial charge on any atom is -0.493 e. The van der Waals surface area contributed by atoms with E-state index in [1.807, 2.05) is 6.92 Å². The number of hydrazone groups is 1. The average Bonchev–Trinajstić information content (AvgIpc) is 2.79. The molecule has 0 fully saturated rings. The highest BCUT2D eigenvalue weighted by molar-refractivity contribution is 6.31. The first-order valence-electron chi connectivity index (χ1n) is 10.2. The predicted molar refractivity (Wildman–Crippen MR) is 125 cm³/mol. The third-order valence-corrected chi connectivity index (χ3v) is 4.68. The Bertz CT molecular complexity index is 1030. The van der Waals surface area contributed by atoms with Crippen molar-refractivity contribution in [2.24, 2.45) is 5.10 Å². The first kappa shape index (κ1) is 25.7. The van der Waals surface area contributed by atoms with Gasteiger partial charge in [-0.05, 0) is 55.3 Å². The molecule has 0 aliphatic carbocycles. The molecule has 0 saturated carbocycles. The number of carbonyl (C=O) groups excluding carboxylic acids is 3. The second-order valence-corrected chi connectivity index (χ2v) is 7.22. The van der Waals surface area contributed by atoms with Gasteiger partial charge in [-0.1, -0.05) is 17.7 Å². The summed E-state index contributed by atoms with van der Waals surface area (Å²) in [6, 6.07) is 10.1. The fourth-order valence-electron chi connectivity index (χ4n) is 2.58. The van der Waals surface area contributed by atoms with Gasteiger partial charge in [0.15, 0.2) is 18.1 Å². The van der Waals surface area contributed by atoms with E-state index in [0.717, 1.165) is 5.56 Å². The molecule has 0 saturated heterocycles. The number of hydrogen-bond donors (Lipinski definition) is 2. The molecule has 0 aliphatic heterocycles. The Morgan fingerprint density at radius 1 is 1.06 bits per heavy atom. The number of nitrogens with one attached hydrogen (secondary N) is 2. The van der Waals surface area contributed by atoms with E-state index in [4.69, 9.17) is 25.8 Å². The largest absolute Gasteiger partial charge is 0.493 e. The maximum Gasteiger partial charge on any atom is 0.344 e. The first-order valence-corrected chi connectivity index (χ1v) is 10.5. The topological polar surface area (TPSA) is 115 Å². The Labute approximate surface area is 197 Å². The minimum atomic E-state index is -0.482. The smallest absolute Gasteiger partial charge is 0.344 e. The molecule has 2 amide bonds. The summed E-state index contributed by atoms with van der Waals surface area (Å²) in [6.07, 6.45) is 1.38. The van der Waals surface area contributed by atoms with Crippen molar-refractivity contribution in [2.45, 2.75) is 26.7 Å². The lowest BCUT2D eigenvalue weighted by molar-refractivity contribution is -0.145. The van der Waals surface area contributed by atoms with Crippen molar-refractivity contribution in [1.29, 1.82) is 0 Å². The van der Waals surface area contributed by atoms with E-state index in [1.165, 1.54) is 13.3 Å². The standard InChI is InChI=1S/C23H26ClN3O6/c1-4-32-23(30)14-33-19-8-6-16(11-20(19)31-3)13-25-27-22(29)10-9-21(28)26-17-7-5-15(2)18(24)12-17/h5-8,11-13H,4,9-10,14H2,1-3H3,(H,26,28)(H,27,29). The Kier molecular flexibility index (Phi) is 10.2. The zero-order valence-electron chi connectivity index (χ0n) is 18.6. The molecule has 33 heavy (non-hydrogen) atoms. The monoisotopic (exact) mass is 475 g/mol. The molecule has 0 spiro atoms. The Morgan fingerprint density at radius 2 is 1.82 bits per heavy atom. The summed E-state index contributed by atoms with van der Waals surface area (Å²) in [5.41, 5.74) is 4.47. The summed E-state index contributed by atoms with van der Waals surface area (Å²) in [6.45, 7) is 3.61. The van der Waals surface area contributed by atoms with Crippen LogP contribution in [0.4, 0.5) is 5.69 Å². The van der Waals surface area contributed by atoms with Gasteiger partial charge in [0.1, 0.15) is 0 Å². The van der Waals surface area contributed by atoms with Crippen molar-refractivity contribution in [3.05, 3.63) is 52.5 Å². The molecule has 9 nitrogen and oxygen atoms in total. The van der Waals surface area contributed by atoms with Crippen LogP contribution in [0.2, 0.25) is 5.02 Å². The number of aryl methyl sites for hydroxylation is 1. The zero-order chi connectivity index (χ0) is 24.2. The molecule has 10 heteroatoms. The molecule has 0 atom stereocenters. The van der Waals surface area contributed by atoms with E-state index in [0.29, 0.717) is 27.8 Å². The maximum atomic E-state index is 12.0. The molecule has 2 aromatic rings. The summed E-state index contributed by atoms with van der Waals surface area (Å²) >= 11 is 6.04. The third-order valence-electron chi connectivity index (χ3n) is 4.28. The van der Waals surface area contributed by atoms with E-state index in [1.54, 1.807) is 43.3 Å².